The molecule has 3 aromatic heterocycles. The number of carbonyl (C=O) groups is 1. The number of esters is 1. The van der Waals surface area contributed by atoms with Gasteiger partial charge in [-0.25, -0.2) is 19.7 Å². The van der Waals surface area contributed by atoms with Gasteiger partial charge in [0, 0.05) is 43.1 Å². The first-order valence-electron chi connectivity index (χ1n) is 11.7. The van der Waals surface area contributed by atoms with Gasteiger partial charge in [0.2, 0.25) is 0 Å². The first-order valence-corrected chi connectivity index (χ1v) is 11.7. The minimum Gasteiger partial charge on any atom is -0.465 e. The van der Waals surface area contributed by atoms with Crippen LogP contribution < -0.4 is 10.6 Å². The maximum absolute atomic E-state index is 12.4. The van der Waals surface area contributed by atoms with Crippen LogP contribution in [0.25, 0.3) is 0 Å². The summed E-state index contributed by atoms with van der Waals surface area (Å²) in [5.74, 6) is 3.06. The fourth-order valence-electron chi connectivity index (χ4n) is 5.06. The van der Waals surface area contributed by atoms with Crippen molar-refractivity contribution in [2.45, 2.75) is 50.4 Å². The lowest BCUT2D eigenvalue weighted by Crippen LogP contribution is -2.46. The molecule has 2 N–H and O–H groups in total. The number of anilines is 3. The Kier molecular flexibility index (Phi) is 6.55. The molecule has 0 radical (unpaired) electrons. The number of nitrogens with zero attached hydrogens (tertiary/aromatic N) is 5. The van der Waals surface area contributed by atoms with Crippen LogP contribution in [0.5, 0.6) is 0 Å². The molecule has 35 heavy (non-hydrogen) atoms. The maximum Gasteiger partial charge on any atom is 0.341 e. The number of carbonyl (C=O) groups excluding carboxylic acids is 1. The minimum atomic E-state index is -0.430. The smallest absolute Gasteiger partial charge is 0.341 e. The van der Waals surface area contributed by atoms with Gasteiger partial charge in [-0.05, 0) is 43.7 Å². The van der Waals surface area contributed by atoms with Crippen LogP contribution in [0.15, 0.2) is 49.1 Å². The highest BCUT2D eigenvalue weighted by molar-refractivity contribution is 5.96. The quantitative estimate of drug-likeness (QED) is 0.398. The fourth-order valence-corrected chi connectivity index (χ4v) is 5.06. The van der Waals surface area contributed by atoms with Gasteiger partial charge < -0.3 is 15.4 Å². The monoisotopic (exact) mass is 469 g/mol. The maximum atomic E-state index is 12.4. The van der Waals surface area contributed by atoms with Crippen molar-refractivity contribution in [3.05, 3.63) is 66.0 Å². The Balaban J connectivity index is 1.31. The summed E-state index contributed by atoms with van der Waals surface area (Å²) in [5, 5.41) is 6.73. The van der Waals surface area contributed by atoms with Crippen LogP contribution in [-0.2, 0) is 11.3 Å². The molecular weight excluding hydrogens is 442 g/mol. The Bertz CT molecular complexity index is 1210. The molecule has 0 aliphatic carbocycles. The Morgan fingerprint density at radius 1 is 1.11 bits per heavy atom. The molecule has 5 heterocycles. The number of aromatic nitrogens is 4. The summed E-state index contributed by atoms with van der Waals surface area (Å²) in [6.07, 6.45) is 16.1. The molecular formula is C26H27N7O2. The average molecular weight is 470 g/mol. The lowest BCUT2D eigenvalue weighted by molar-refractivity contribution is 0.0601. The molecule has 9 heteroatoms. The number of nitrogens with one attached hydrogen (secondary N) is 2. The van der Waals surface area contributed by atoms with Crippen molar-refractivity contribution < 1.29 is 9.53 Å². The normalized spacial score (nSPS) is 21.2. The van der Waals surface area contributed by atoms with Gasteiger partial charge in [-0.1, -0.05) is 6.07 Å². The van der Waals surface area contributed by atoms with Crippen LogP contribution in [0, 0.1) is 12.3 Å². The summed E-state index contributed by atoms with van der Waals surface area (Å²) in [6, 6.07) is 9.09. The molecule has 3 aromatic rings. The standard InChI is InChI=1S/C26H27N7O2/c1-3-17-13-29-25(15-28-17)32-24-12-23(22(14-30-24)26(34)35-2)31-19-10-20-7-8-21(11-19)33(20)16-18-6-4-5-9-27-18/h1,4-6,9,12-15,19-21H,7-8,10-11,16H2,2H3,(H2,29,30,31,32). The molecule has 2 bridgehead atoms. The van der Waals surface area contributed by atoms with E-state index < -0.39 is 5.97 Å². The van der Waals surface area contributed by atoms with E-state index in [1.165, 1.54) is 32.3 Å². The number of pyridine rings is 2. The largest absolute Gasteiger partial charge is 0.465 e. The highest BCUT2D eigenvalue weighted by Crippen LogP contribution is 2.38. The van der Waals surface area contributed by atoms with Gasteiger partial charge in [-0.2, -0.15) is 0 Å². The zero-order valence-electron chi connectivity index (χ0n) is 19.5. The van der Waals surface area contributed by atoms with Gasteiger partial charge in [0.25, 0.3) is 0 Å². The predicted octanol–water partition coefficient (Wildman–Crippen LogP) is 3.39. The van der Waals surface area contributed by atoms with Gasteiger partial charge in [0.15, 0.2) is 0 Å². The number of ether oxygens (including phenoxy) is 1. The number of terminal acetylenes is 1. The molecule has 9 nitrogen and oxygen atoms in total. The molecule has 2 unspecified atom stereocenters. The number of hydrogen-bond donors (Lipinski definition) is 2. The van der Waals surface area contributed by atoms with E-state index in [0.717, 1.165) is 25.1 Å². The second-order valence-electron chi connectivity index (χ2n) is 8.85. The van der Waals surface area contributed by atoms with Crippen molar-refractivity contribution in [1.29, 1.82) is 0 Å². The average Bonchev–Trinajstić information content (AvgIpc) is 3.11. The minimum absolute atomic E-state index is 0.237. The highest BCUT2D eigenvalue weighted by atomic mass is 16.5. The van der Waals surface area contributed by atoms with Crippen molar-refractivity contribution in [3.8, 4) is 12.3 Å². The summed E-state index contributed by atoms with van der Waals surface area (Å²) in [5.41, 5.74) is 2.64. The molecule has 0 saturated carbocycles. The Hall–Kier alpha value is -4.03. The zero-order chi connectivity index (χ0) is 24.2. The summed E-state index contributed by atoms with van der Waals surface area (Å²) >= 11 is 0. The lowest BCUT2D eigenvalue weighted by atomic mass is 9.96. The SMILES string of the molecule is C#Cc1cnc(Nc2cc(NC3CC4CCC(C3)N4Cc3ccccn3)c(C(=O)OC)cn2)cn1. The third-order valence-corrected chi connectivity index (χ3v) is 6.68. The van der Waals surface area contributed by atoms with Crippen molar-refractivity contribution in [3.63, 3.8) is 0 Å². The summed E-state index contributed by atoms with van der Waals surface area (Å²) in [7, 11) is 1.37. The van der Waals surface area contributed by atoms with Crippen molar-refractivity contribution in [2.24, 2.45) is 0 Å². The lowest BCUT2D eigenvalue weighted by Gasteiger charge is -2.39. The molecule has 2 aliphatic rings. The van der Waals surface area contributed by atoms with E-state index in [-0.39, 0.29) is 6.04 Å². The molecule has 178 valence electrons. The topological polar surface area (TPSA) is 105 Å². The van der Waals surface area contributed by atoms with Gasteiger partial charge in [0.1, 0.15) is 22.9 Å². The van der Waals surface area contributed by atoms with Gasteiger partial charge in [0.05, 0.1) is 30.9 Å². The molecule has 2 fully saturated rings. The van der Waals surface area contributed by atoms with Crippen LogP contribution in [0.2, 0.25) is 0 Å². The van der Waals surface area contributed by atoms with E-state index in [2.05, 4.69) is 47.5 Å². The van der Waals surface area contributed by atoms with Gasteiger partial charge in [-0.3, -0.25) is 9.88 Å². The third-order valence-electron chi connectivity index (χ3n) is 6.68. The Morgan fingerprint density at radius 3 is 2.57 bits per heavy atom. The fraction of sp³-hybridized carbons (Fsp3) is 0.346. The number of methoxy groups -OCH3 is 1. The summed E-state index contributed by atoms with van der Waals surface area (Å²) in [4.78, 5) is 32.3. The summed E-state index contributed by atoms with van der Waals surface area (Å²) < 4.78 is 4.99. The summed E-state index contributed by atoms with van der Waals surface area (Å²) in [6.45, 7) is 0.874. The van der Waals surface area contributed by atoms with E-state index in [1.807, 2.05) is 24.4 Å². The molecule has 5 rings (SSSR count). The molecule has 0 spiro atoms. The number of hydrogen-bond acceptors (Lipinski definition) is 9. The molecule has 0 amide bonds. The number of piperidine rings is 1. The van der Waals surface area contributed by atoms with Crippen molar-refractivity contribution in [2.75, 3.05) is 17.7 Å². The molecule has 0 aromatic carbocycles. The first-order chi connectivity index (χ1) is 17.1. The first kappa shape index (κ1) is 22.7. The van der Waals surface area contributed by atoms with Crippen LogP contribution in [0.4, 0.5) is 17.3 Å². The van der Waals surface area contributed by atoms with E-state index in [1.54, 1.807) is 6.20 Å². The molecule has 2 aliphatic heterocycles. The molecule has 2 atom stereocenters. The number of rotatable bonds is 7. The molecule has 2 saturated heterocycles. The highest BCUT2D eigenvalue weighted by Gasteiger charge is 2.41. The van der Waals surface area contributed by atoms with Crippen LogP contribution in [0.1, 0.15) is 47.4 Å². The van der Waals surface area contributed by atoms with E-state index in [0.29, 0.717) is 40.7 Å². The number of fused-ring (bicyclic) bond motifs is 2. The van der Waals surface area contributed by atoms with E-state index in [4.69, 9.17) is 11.2 Å². The van der Waals surface area contributed by atoms with Crippen molar-refractivity contribution in [1.82, 2.24) is 24.8 Å². The van der Waals surface area contributed by atoms with Crippen molar-refractivity contribution >= 4 is 23.3 Å². The zero-order valence-corrected chi connectivity index (χ0v) is 19.5. The van der Waals surface area contributed by atoms with Crippen LogP contribution >= 0.6 is 0 Å². The van der Waals surface area contributed by atoms with Crippen LogP contribution in [0.3, 0.4) is 0 Å². The predicted molar refractivity (Wildman–Crippen MR) is 132 cm³/mol. The Labute approximate surface area is 204 Å². The van der Waals surface area contributed by atoms with E-state index >= 15 is 0 Å². The third kappa shape index (κ3) is 5.08. The van der Waals surface area contributed by atoms with Gasteiger partial charge >= 0.3 is 5.97 Å². The van der Waals surface area contributed by atoms with E-state index in [9.17, 15) is 4.79 Å². The second kappa shape index (κ2) is 10.1. The second-order valence-corrected chi connectivity index (χ2v) is 8.85. The van der Waals surface area contributed by atoms with Gasteiger partial charge in [-0.15, -0.1) is 6.42 Å². The van der Waals surface area contributed by atoms with Crippen LogP contribution in [-0.4, -0.2) is 56.0 Å². The Morgan fingerprint density at radius 2 is 1.91 bits per heavy atom.